The number of nitrogens with zero attached hydrogens (tertiary/aromatic N) is 1. The number of ether oxygens (including phenoxy) is 2. The van der Waals surface area contributed by atoms with Gasteiger partial charge in [0.15, 0.2) is 0 Å². The molecule has 1 aliphatic carbocycles. The highest BCUT2D eigenvalue weighted by Gasteiger charge is 2.35. The van der Waals surface area contributed by atoms with E-state index in [1.807, 2.05) is 0 Å². The maximum Gasteiger partial charge on any atom is 0.122 e. The van der Waals surface area contributed by atoms with Crippen LogP contribution in [0.5, 0.6) is 5.75 Å². The lowest BCUT2D eigenvalue weighted by atomic mass is 9.84. The lowest BCUT2D eigenvalue weighted by Gasteiger charge is -2.43. The molecule has 158 valence electrons. The van der Waals surface area contributed by atoms with Crippen molar-refractivity contribution < 1.29 is 9.47 Å². The van der Waals surface area contributed by atoms with Gasteiger partial charge in [0.05, 0.1) is 13.2 Å². The van der Waals surface area contributed by atoms with Crippen LogP contribution in [0.2, 0.25) is 0 Å². The first-order valence-corrected chi connectivity index (χ1v) is 11.8. The van der Waals surface area contributed by atoms with Crippen molar-refractivity contribution in [1.82, 2.24) is 4.90 Å². The molecule has 0 aromatic heterocycles. The highest BCUT2D eigenvalue weighted by molar-refractivity contribution is 5.37. The SMILES string of the molecule is CCCOC1CN(C2CCCCCCCCC2)CCC1c1ccccc1OC. The molecule has 1 saturated carbocycles. The quantitative estimate of drug-likeness (QED) is 0.582. The number of likely N-dealkylation sites (tertiary alicyclic amines) is 1. The van der Waals surface area contributed by atoms with E-state index >= 15 is 0 Å². The Bertz CT molecular complexity index is 551. The molecule has 0 radical (unpaired) electrons. The molecule has 0 amide bonds. The summed E-state index contributed by atoms with van der Waals surface area (Å²) in [5.74, 6) is 1.46. The van der Waals surface area contributed by atoms with Crippen LogP contribution < -0.4 is 4.74 Å². The second-order valence-electron chi connectivity index (χ2n) is 8.75. The van der Waals surface area contributed by atoms with E-state index in [4.69, 9.17) is 9.47 Å². The van der Waals surface area contributed by atoms with E-state index in [9.17, 15) is 0 Å². The van der Waals surface area contributed by atoms with Crippen LogP contribution in [0.1, 0.15) is 89.0 Å². The fourth-order valence-corrected chi connectivity index (χ4v) is 5.19. The zero-order valence-electron chi connectivity index (χ0n) is 18.2. The van der Waals surface area contributed by atoms with Crippen molar-refractivity contribution in [3.8, 4) is 5.75 Å². The molecule has 3 nitrogen and oxygen atoms in total. The minimum absolute atomic E-state index is 0.278. The van der Waals surface area contributed by atoms with E-state index in [2.05, 4.69) is 36.1 Å². The molecule has 0 bridgehead atoms. The topological polar surface area (TPSA) is 21.7 Å². The molecule has 2 aliphatic rings. The Morgan fingerprint density at radius 2 is 1.61 bits per heavy atom. The Kier molecular flexibility index (Phi) is 9.14. The van der Waals surface area contributed by atoms with Crippen molar-refractivity contribution in [2.45, 2.75) is 95.6 Å². The zero-order valence-corrected chi connectivity index (χ0v) is 18.2. The highest BCUT2D eigenvalue weighted by atomic mass is 16.5. The average Bonchev–Trinajstić information content (AvgIpc) is 2.75. The van der Waals surface area contributed by atoms with Gasteiger partial charge in [0.25, 0.3) is 0 Å². The second-order valence-corrected chi connectivity index (χ2v) is 8.75. The first kappa shape index (κ1) is 21.6. The Balaban J connectivity index is 1.69. The predicted molar refractivity (Wildman–Crippen MR) is 117 cm³/mol. The van der Waals surface area contributed by atoms with E-state index in [1.54, 1.807) is 7.11 Å². The van der Waals surface area contributed by atoms with Crippen LogP contribution in [-0.4, -0.2) is 43.9 Å². The van der Waals surface area contributed by atoms with Gasteiger partial charge in [-0.15, -0.1) is 0 Å². The lowest BCUT2D eigenvalue weighted by Crippen LogP contribution is -2.48. The van der Waals surface area contributed by atoms with Gasteiger partial charge in [-0.1, -0.05) is 70.1 Å². The second kappa shape index (κ2) is 11.8. The van der Waals surface area contributed by atoms with E-state index in [-0.39, 0.29) is 6.10 Å². The molecule has 1 saturated heterocycles. The monoisotopic (exact) mass is 387 g/mol. The molecule has 1 aromatic rings. The molecule has 0 N–H and O–H groups in total. The third-order valence-electron chi connectivity index (χ3n) is 6.76. The van der Waals surface area contributed by atoms with Crippen molar-refractivity contribution in [2.24, 2.45) is 0 Å². The summed E-state index contributed by atoms with van der Waals surface area (Å²) in [7, 11) is 1.79. The van der Waals surface area contributed by atoms with Gasteiger partial charge in [-0.2, -0.15) is 0 Å². The molecular formula is C25H41NO2. The fourth-order valence-electron chi connectivity index (χ4n) is 5.19. The van der Waals surface area contributed by atoms with E-state index in [1.165, 1.54) is 76.3 Å². The Morgan fingerprint density at radius 3 is 2.29 bits per heavy atom. The van der Waals surface area contributed by atoms with Crippen LogP contribution in [0.4, 0.5) is 0 Å². The largest absolute Gasteiger partial charge is 0.496 e. The van der Waals surface area contributed by atoms with Crippen LogP contribution in [-0.2, 0) is 4.74 Å². The van der Waals surface area contributed by atoms with Crippen LogP contribution in [0, 0.1) is 0 Å². The maximum atomic E-state index is 6.42. The van der Waals surface area contributed by atoms with Gasteiger partial charge in [-0.3, -0.25) is 4.90 Å². The van der Waals surface area contributed by atoms with Crippen molar-refractivity contribution in [3.05, 3.63) is 29.8 Å². The zero-order chi connectivity index (χ0) is 19.6. The van der Waals surface area contributed by atoms with Gasteiger partial charge in [0.1, 0.15) is 5.75 Å². The van der Waals surface area contributed by atoms with Crippen molar-refractivity contribution in [3.63, 3.8) is 0 Å². The van der Waals surface area contributed by atoms with Gasteiger partial charge in [0, 0.05) is 25.1 Å². The smallest absolute Gasteiger partial charge is 0.122 e. The first-order chi connectivity index (χ1) is 13.8. The normalized spacial score (nSPS) is 26.1. The minimum atomic E-state index is 0.278. The van der Waals surface area contributed by atoms with Crippen molar-refractivity contribution in [1.29, 1.82) is 0 Å². The fraction of sp³-hybridized carbons (Fsp3) is 0.760. The molecule has 1 aromatic carbocycles. The standard InChI is InChI=1S/C25H41NO2/c1-3-19-28-25-20-26(21-13-9-7-5-4-6-8-10-14-21)18-17-23(25)22-15-11-12-16-24(22)27-2/h11-12,15-16,21,23,25H,3-10,13-14,17-20H2,1-2H3. The highest BCUT2D eigenvalue weighted by Crippen LogP contribution is 2.37. The van der Waals surface area contributed by atoms with Gasteiger partial charge >= 0.3 is 0 Å². The summed E-state index contributed by atoms with van der Waals surface area (Å²) in [5.41, 5.74) is 1.33. The number of hydrogen-bond donors (Lipinski definition) is 0. The molecule has 1 heterocycles. The summed E-state index contributed by atoms with van der Waals surface area (Å²) in [6, 6.07) is 9.30. The lowest BCUT2D eigenvalue weighted by molar-refractivity contribution is -0.0295. The molecule has 1 aliphatic heterocycles. The third kappa shape index (κ3) is 5.97. The van der Waals surface area contributed by atoms with Gasteiger partial charge < -0.3 is 9.47 Å². The average molecular weight is 388 g/mol. The summed E-state index contributed by atoms with van der Waals surface area (Å²) >= 11 is 0. The van der Waals surface area contributed by atoms with Crippen molar-refractivity contribution in [2.75, 3.05) is 26.8 Å². The summed E-state index contributed by atoms with van der Waals surface area (Å²) in [4.78, 5) is 2.77. The number of methoxy groups -OCH3 is 1. The van der Waals surface area contributed by atoms with Crippen LogP contribution >= 0.6 is 0 Å². The minimum Gasteiger partial charge on any atom is -0.496 e. The Morgan fingerprint density at radius 1 is 0.929 bits per heavy atom. The molecule has 2 unspecified atom stereocenters. The molecule has 0 spiro atoms. The number of para-hydroxylation sites is 1. The van der Waals surface area contributed by atoms with E-state index < -0.39 is 0 Å². The first-order valence-electron chi connectivity index (χ1n) is 11.8. The van der Waals surface area contributed by atoms with Gasteiger partial charge in [-0.05, 0) is 43.9 Å². The molecular weight excluding hydrogens is 346 g/mol. The van der Waals surface area contributed by atoms with Gasteiger partial charge in [-0.25, -0.2) is 0 Å². The third-order valence-corrected chi connectivity index (χ3v) is 6.76. The maximum absolute atomic E-state index is 6.42. The summed E-state index contributed by atoms with van der Waals surface area (Å²) in [6.07, 6.45) is 15.2. The van der Waals surface area contributed by atoms with Crippen LogP contribution in [0.3, 0.4) is 0 Å². The van der Waals surface area contributed by atoms with E-state index in [0.717, 1.165) is 31.4 Å². The molecule has 2 atom stereocenters. The summed E-state index contributed by atoms with van der Waals surface area (Å²) in [6.45, 7) is 5.33. The van der Waals surface area contributed by atoms with Gasteiger partial charge in [0.2, 0.25) is 0 Å². The summed E-state index contributed by atoms with van der Waals surface area (Å²) < 4.78 is 12.1. The summed E-state index contributed by atoms with van der Waals surface area (Å²) in [5, 5.41) is 0. The van der Waals surface area contributed by atoms with Crippen LogP contribution in [0.25, 0.3) is 0 Å². The Hall–Kier alpha value is -1.06. The molecule has 3 rings (SSSR count). The number of piperidine rings is 1. The molecule has 2 fully saturated rings. The van der Waals surface area contributed by atoms with E-state index in [0.29, 0.717) is 5.92 Å². The molecule has 28 heavy (non-hydrogen) atoms. The Labute approximate surface area is 172 Å². The number of benzene rings is 1. The van der Waals surface area contributed by atoms with Crippen molar-refractivity contribution >= 4 is 0 Å². The number of hydrogen-bond acceptors (Lipinski definition) is 3. The predicted octanol–water partition coefficient (Wildman–Crippen LogP) is 6.17. The molecule has 3 heteroatoms. The van der Waals surface area contributed by atoms with Crippen LogP contribution in [0.15, 0.2) is 24.3 Å². The number of rotatable bonds is 6.